The fraction of sp³-hybridized carbons (Fsp3) is 0.150. The van der Waals surface area contributed by atoms with Crippen LogP contribution in [0.4, 0.5) is 0 Å². The molecule has 0 spiro atoms. The van der Waals surface area contributed by atoms with Crippen LogP contribution in [0.25, 0.3) is 72.1 Å². The molecule has 2 aliphatic rings. The molecule has 2 heteroatoms. The maximum Gasteiger partial charge on any atom is 0.0559 e. The number of fused-ring (bicyclic) bond motifs is 7. The highest BCUT2D eigenvalue weighted by Crippen LogP contribution is 2.41. The summed E-state index contributed by atoms with van der Waals surface area (Å²) in [6.07, 6.45) is 14.2. The Kier molecular flexibility index (Phi) is 5.31. The molecular weight excluding hydrogens is 508 g/mol. The third kappa shape index (κ3) is 3.58. The molecule has 2 nitrogen and oxygen atoms in total. The summed E-state index contributed by atoms with van der Waals surface area (Å²) in [5.41, 5.74) is 11.9. The topological polar surface area (TPSA) is 9.86 Å². The molecule has 42 heavy (non-hydrogen) atoms. The van der Waals surface area contributed by atoms with E-state index in [2.05, 4.69) is 130 Å². The fourth-order valence-corrected chi connectivity index (χ4v) is 7.48. The first-order valence-electron chi connectivity index (χ1n) is 15.4. The molecule has 0 saturated heterocycles. The van der Waals surface area contributed by atoms with Gasteiger partial charge in [0.25, 0.3) is 0 Å². The van der Waals surface area contributed by atoms with E-state index in [0.717, 1.165) is 19.3 Å². The van der Waals surface area contributed by atoms with Crippen molar-refractivity contribution < 1.29 is 0 Å². The van der Waals surface area contributed by atoms with Crippen LogP contribution < -0.4 is 0 Å². The molecule has 0 fully saturated rings. The standard InChI is InChI=1S/C40H32N2/c1-2-12-31(13-3-1)41-37-16-8-6-14-33(37)35-25-36-34-15-7-9-17-38(34)42(40(36)26-39(35)41)32-22-20-28(21-23-32)30-19-18-27-10-4-5-11-29(27)24-30/h4-6,8-12,14,16-26H,1-3,7,13,15H2. The number of aryl methyl sites for hydroxylation is 1. The number of benzene rings is 5. The van der Waals surface area contributed by atoms with Gasteiger partial charge in [-0.05, 0) is 108 Å². The molecular formula is C40H32N2. The molecule has 0 saturated carbocycles. The van der Waals surface area contributed by atoms with Crippen molar-refractivity contribution in [3.8, 4) is 16.8 Å². The Morgan fingerprint density at radius 3 is 2.21 bits per heavy atom. The van der Waals surface area contributed by atoms with E-state index in [1.807, 2.05) is 0 Å². The number of hydrogen-bond acceptors (Lipinski definition) is 0. The summed E-state index contributed by atoms with van der Waals surface area (Å²) < 4.78 is 5.06. The van der Waals surface area contributed by atoms with Crippen LogP contribution in [0.2, 0.25) is 0 Å². The van der Waals surface area contributed by atoms with E-state index in [1.54, 1.807) is 0 Å². The molecule has 202 valence electrons. The first-order chi connectivity index (χ1) is 20.8. The van der Waals surface area contributed by atoms with Gasteiger partial charge in [-0.15, -0.1) is 0 Å². The predicted octanol–water partition coefficient (Wildman–Crippen LogP) is 10.9. The van der Waals surface area contributed by atoms with Crippen molar-refractivity contribution in [3.63, 3.8) is 0 Å². The Hall–Kier alpha value is -4.82. The van der Waals surface area contributed by atoms with E-state index in [0.29, 0.717) is 0 Å². The summed E-state index contributed by atoms with van der Waals surface area (Å²) in [5.74, 6) is 0. The monoisotopic (exact) mass is 540 g/mol. The minimum atomic E-state index is 1.08. The number of rotatable bonds is 3. The highest BCUT2D eigenvalue weighted by Gasteiger charge is 2.22. The van der Waals surface area contributed by atoms with Gasteiger partial charge in [-0.3, -0.25) is 0 Å². The molecule has 7 aromatic rings. The molecule has 9 rings (SSSR count). The summed E-state index contributed by atoms with van der Waals surface area (Å²) in [6.45, 7) is 0. The minimum Gasteiger partial charge on any atom is -0.313 e. The maximum atomic E-state index is 2.55. The highest BCUT2D eigenvalue weighted by atomic mass is 15.0. The van der Waals surface area contributed by atoms with Gasteiger partial charge in [0.1, 0.15) is 0 Å². The van der Waals surface area contributed by atoms with Crippen molar-refractivity contribution >= 4 is 55.3 Å². The van der Waals surface area contributed by atoms with E-state index in [4.69, 9.17) is 0 Å². The largest absolute Gasteiger partial charge is 0.313 e. The lowest BCUT2D eigenvalue weighted by Gasteiger charge is -2.17. The maximum absolute atomic E-state index is 2.55. The Balaban J connectivity index is 1.26. The van der Waals surface area contributed by atoms with Gasteiger partial charge in [-0.1, -0.05) is 78.9 Å². The summed E-state index contributed by atoms with van der Waals surface area (Å²) in [6, 6.07) is 38.5. The SMILES string of the molecule is C1=Cc2c(c3cc4c5ccccc5n(C5=CCCCC5)c4cc3n2-c2ccc(-c3ccc4ccccc4c3)cc2)CC1. The van der Waals surface area contributed by atoms with Crippen molar-refractivity contribution in [1.29, 1.82) is 0 Å². The first kappa shape index (κ1) is 23.8. The van der Waals surface area contributed by atoms with Crippen molar-refractivity contribution in [2.24, 2.45) is 0 Å². The number of aromatic nitrogens is 2. The molecule has 0 bridgehead atoms. The summed E-state index contributed by atoms with van der Waals surface area (Å²) in [5, 5.41) is 6.67. The molecule has 0 amide bonds. The number of allylic oxidation sites excluding steroid dienone is 3. The zero-order chi connectivity index (χ0) is 27.6. The number of nitrogens with zero attached hydrogens (tertiary/aromatic N) is 2. The second kappa shape index (κ2) is 9.36. The van der Waals surface area contributed by atoms with Crippen LogP contribution in [0, 0.1) is 0 Å². The third-order valence-corrected chi connectivity index (χ3v) is 9.51. The second-order valence-corrected chi connectivity index (χ2v) is 11.9. The Morgan fingerprint density at radius 1 is 0.524 bits per heavy atom. The van der Waals surface area contributed by atoms with Gasteiger partial charge in [0.15, 0.2) is 0 Å². The summed E-state index contributed by atoms with van der Waals surface area (Å²) in [4.78, 5) is 0. The molecule has 0 radical (unpaired) electrons. The van der Waals surface area contributed by atoms with Crippen molar-refractivity contribution in [2.45, 2.75) is 38.5 Å². The molecule has 5 aromatic carbocycles. The molecule has 2 aliphatic carbocycles. The fourth-order valence-electron chi connectivity index (χ4n) is 7.48. The van der Waals surface area contributed by atoms with Crippen LogP contribution in [0.15, 0.2) is 115 Å². The number of para-hydroxylation sites is 1. The van der Waals surface area contributed by atoms with Crippen LogP contribution in [-0.4, -0.2) is 9.13 Å². The smallest absolute Gasteiger partial charge is 0.0559 e. The predicted molar refractivity (Wildman–Crippen MR) is 179 cm³/mol. The van der Waals surface area contributed by atoms with Crippen LogP contribution in [-0.2, 0) is 6.42 Å². The average molecular weight is 541 g/mol. The lowest BCUT2D eigenvalue weighted by molar-refractivity contribution is 0.724. The summed E-state index contributed by atoms with van der Waals surface area (Å²) in [7, 11) is 0. The van der Waals surface area contributed by atoms with Gasteiger partial charge in [0.05, 0.1) is 16.6 Å². The van der Waals surface area contributed by atoms with E-state index in [9.17, 15) is 0 Å². The van der Waals surface area contributed by atoms with E-state index in [1.165, 1.54) is 96.5 Å². The number of hydrogen-bond donors (Lipinski definition) is 0. The molecule has 2 heterocycles. The van der Waals surface area contributed by atoms with E-state index >= 15 is 0 Å². The second-order valence-electron chi connectivity index (χ2n) is 11.9. The molecule has 0 N–H and O–H groups in total. The Bertz CT molecular complexity index is 2230. The quantitative estimate of drug-likeness (QED) is 0.211. The van der Waals surface area contributed by atoms with Crippen molar-refractivity contribution in [1.82, 2.24) is 9.13 Å². The van der Waals surface area contributed by atoms with Crippen LogP contribution in [0.1, 0.15) is 43.4 Å². The Morgan fingerprint density at radius 2 is 1.33 bits per heavy atom. The lowest BCUT2D eigenvalue weighted by Crippen LogP contribution is -2.01. The normalized spacial score (nSPS) is 15.1. The van der Waals surface area contributed by atoms with Crippen LogP contribution in [0.3, 0.4) is 0 Å². The minimum absolute atomic E-state index is 1.08. The Labute approximate surface area is 245 Å². The lowest BCUT2D eigenvalue weighted by atomic mass is 9.99. The zero-order valence-corrected chi connectivity index (χ0v) is 23.7. The molecule has 0 atom stereocenters. The van der Waals surface area contributed by atoms with E-state index < -0.39 is 0 Å². The first-order valence-corrected chi connectivity index (χ1v) is 15.4. The van der Waals surface area contributed by atoms with Gasteiger partial charge in [-0.2, -0.15) is 0 Å². The zero-order valence-electron chi connectivity index (χ0n) is 23.7. The molecule has 0 aliphatic heterocycles. The van der Waals surface area contributed by atoms with Gasteiger partial charge in [0, 0.05) is 33.2 Å². The summed E-state index contributed by atoms with van der Waals surface area (Å²) >= 11 is 0. The van der Waals surface area contributed by atoms with Gasteiger partial charge >= 0.3 is 0 Å². The van der Waals surface area contributed by atoms with Gasteiger partial charge < -0.3 is 9.13 Å². The van der Waals surface area contributed by atoms with Crippen molar-refractivity contribution in [2.75, 3.05) is 0 Å². The molecule has 2 aromatic heterocycles. The van der Waals surface area contributed by atoms with Crippen LogP contribution in [0.5, 0.6) is 0 Å². The average Bonchev–Trinajstić information content (AvgIpc) is 3.56. The van der Waals surface area contributed by atoms with Gasteiger partial charge in [0.2, 0.25) is 0 Å². The third-order valence-electron chi connectivity index (χ3n) is 9.51. The van der Waals surface area contributed by atoms with E-state index in [-0.39, 0.29) is 0 Å². The highest BCUT2D eigenvalue weighted by molar-refractivity contribution is 6.15. The van der Waals surface area contributed by atoms with Crippen LogP contribution >= 0.6 is 0 Å². The van der Waals surface area contributed by atoms with Gasteiger partial charge in [-0.25, -0.2) is 0 Å². The molecule has 0 unspecified atom stereocenters. The van der Waals surface area contributed by atoms with Crippen molar-refractivity contribution in [3.05, 3.63) is 127 Å².